The average molecular weight is 498 g/mol. The maximum atomic E-state index is 12.6. The van der Waals surface area contributed by atoms with Crippen LogP contribution in [0.3, 0.4) is 0 Å². The van der Waals surface area contributed by atoms with Gasteiger partial charge in [-0.15, -0.1) is 0 Å². The highest BCUT2D eigenvalue weighted by molar-refractivity contribution is 9.10. The summed E-state index contributed by atoms with van der Waals surface area (Å²) in [6, 6.07) is 12.7. The van der Waals surface area contributed by atoms with E-state index < -0.39 is 0 Å². The Balaban J connectivity index is 2.07. The summed E-state index contributed by atoms with van der Waals surface area (Å²) in [6.07, 6.45) is 0.156. The zero-order valence-electron chi connectivity index (χ0n) is 15.4. The second-order valence-corrected chi connectivity index (χ2v) is 7.96. The van der Waals surface area contributed by atoms with Crippen LogP contribution in [0.4, 0.5) is 0 Å². The molecule has 0 aliphatic rings. The summed E-state index contributed by atoms with van der Waals surface area (Å²) in [6.45, 7) is 3.36. The lowest BCUT2D eigenvalue weighted by molar-refractivity contribution is -0.123. The Hall–Kier alpha value is -1.86. The van der Waals surface area contributed by atoms with Crippen molar-refractivity contribution in [3.8, 4) is 5.75 Å². The third kappa shape index (κ3) is 6.36. The summed E-state index contributed by atoms with van der Waals surface area (Å²) >= 11 is 6.85. The number of carbonyl (C=O) groups is 2. The van der Waals surface area contributed by atoms with Crippen LogP contribution in [-0.2, 0) is 9.59 Å². The number of carbonyl (C=O) groups excluding carboxylic acids is 2. The standard InChI is InChI=1S/C20H22Br2N2O3/c1-12(15-6-9-19(27-3)17(22)10-15)23-20(26)11-18(24-13(2)25)14-4-7-16(21)8-5-14/h4-10,12,18H,11H2,1-3H3,(H,23,26)(H,24,25). The minimum Gasteiger partial charge on any atom is -0.496 e. The molecule has 2 aromatic rings. The summed E-state index contributed by atoms with van der Waals surface area (Å²) in [4.78, 5) is 24.1. The fourth-order valence-corrected chi connectivity index (χ4v) is 3.54. The van der Waals surface area contributed by atoms with Gasteiger partial charge in [-0.05, 0) is 58.2 Å². The van der Waals surface area contributed by atoms with E-state index in [9.17, 15) is 9.59 Å². The van der Waals surface area contributed by atoms with Crippen LogP contribution in [0, 0.1) is 0 Å². The molecule has 27 heavy (non-hydrogen) atoms. The Bertz CT molecular complexity index is 809. The number of hydrogen-bond acceptors (Lipinski definition) is 3. The van der Waals surface area contributed by atoms with Gasteiger partial charge in [-0.25, -0.2) is 0 Å². The van der Waals surface area contributed by atoms with Crippen LogP contribution in [0.5, 0.6) is 5.75 Å². The molecule has 0 bridgehead atoms. The van der Waals surface area contributed by atoms with Crippen LogP contribution in [0.25, 0.3) is 0 Å². The van der Waals surface area contributed by atoms with Crippen molar-refractivity contribution in [2.75, 3.05) is 7.11 Å². The molecule has 144 valence electrons. The molecule has 2 atom stereocenters. The number of rotatable bonds is 7. The number of nitrogens with one attached hydrogen (secondary N) is 2. The zero-order chi connectivity index (χ0) is 20.0. The fraction of sp³-hybridized carbons (Fsp3) is 0.300. The van der Waals surface area contributed by atoms with E-state index in [1.807, 2.05) is 49.4 Å². The Morgan fingerprint density at radius 2 is 1.67 bits per heavy atom. The molecular weight excluding hydrogens is 476 g/mol. The fourth-order valence-electron chi connectivity index (χ4n) is 2.71. The normalized spacial score (nSPS) is 12.8. The number of hydrogen-bond donors (Lipinski definition) is 2. The van der Waals surface area contributed by atoms with Crippen molar-refractivity contribution in [1.82, 2.24) is 10.6 Å². The molecular formula is C20H22Br2N2O3. The van der Waals surface area contributed by atoms with Crippen LogP contribution in [0.15, 0.2) is 51.4 Å². The minimum atomic E-state index is -0.384. The molecule has 0 heterocycles. The number of ether oxygens (including phenoxy) is 1. The Morgan fingerprint density at radius 3 is 2.22 bits per heavy atom. The Kier molecular flexibility index (Phi) is 7.86. The molecule has 0 fully saturated rings. The second kappa shape index (κ2) is 9.90. The van der Waals surface area contributed by atoms with Crippen molar-refractivity contribution in [3.63, 3.8) is 0 Å². The predicted molar refractivity (Wildman–Crippen MR) is 113 cm³/mol. The molecule has 0 aromatic heterocycles. The minimum absolute atomic E-state index is 0.142. The summed E-state index contributed by atoms with van der Waals surface area (Å²) in [7, 11) is 1.61. The molecule has 0 aliphatic carbocycles. The molecule has 7 heteroatoms. The molecule has 2 amide bonds. The van der Waals surface area contributed by atoms with E-state index in [-0.39, 0.29) is 30.3 Å². The monoisotopic (exact) mass is 496 g/mol. The highest BCUT2D eigenvalue weighted by Gasteiger charge is 2.19. The Labute approximate surface area is 176 Å². The van der Waals surface area contributed by atoms with Gasteiger partial charge in [0, 0.05) is 11.4 Å². The second-order valence-electron chi connectivity index (χ2n) is 6.19. The molecule has 0 radical (unpaired) electrons. The number of amides is 2. The zero-order valence-corrected chi connectivity index (χ0v) is 18.6. The quantitative estimate of drug-likeness (QED) is 0.584. The lowest BCUT2D eigenvalue weighted by atomic mass is 10.0. The van der Waals surface area contributed by atoms with Gasteiger partial charge in [0.2, 0.25) is 11.8 Å². The first kappa shape index (κ1) is 21.4. The van der Waals surface area contributed by atoms with Gasteiger partial charge in [-0.2, -0.15) is 0 Å². The summed E-state index contributed by atoms with van der Waals surface area (Å²) in [5, 5.41) is 5.83. The van der Waals surface area contributed by atoms with E-state index in [0.29, 0.717) is 0 Å². The lowest BCUT2D eigenvalue weighted by Crippen LogP contribution is -2.33. The molecule has 0 spiro atoms. The lowest BCUT2D eigenvalue weighted by Gasteiger charge is -2.21. The molecule has 0 saturated heterocycles. The summed E-state index contributed by atoms with van der Waals surface area (Å²) < 4.78 is 7.00. The highest BCUT2D eigenvalue weighted by atomic mass is 79.9. The van der Waals surface area contributed by atoms with Gasteiger partial charge in [0.15, 0.2) is 0 Å². The predicted octanol–water partition coefficient (Wildman–Crippen LogP) is 4.66. The molecule has 0 aliphatic heterocycles. The van der Waals surface area contributed by atoms with E-state index >= 15 is 0 Å². The van der Waals surface area contributed by atoms with Gasteiger partial charge >= 0.3 is 0 Å². The van der Waals surface area contributed by atoms with Crippen LogP contribution >= 0.6 is 31.9 Å². The number of halogens is 2. The largest absolute Gasteiger partial charge is 0.496 e. The van der Waals surface area contributed by atoms with Gasteiger partial charge in [-0.1, -0.05) is 34.1 Å². The first-order chi connectivity index (χ1) is 12.8. The Morgan fingerprint density at radius 1 is 1.04 bits per heavy atom. The van der Waals surface area contributed by atoms with Crippen molar-refractivity contribution in [2.24, 2.45) is 0 Å². The molecule has 2 unspecified atom stereocenters. The van der Waals surface area contributed by atoms with E-state index in [4.69, 9.17) is 4.74 Å². The molecule has 0 saturated carbocycles. The van der Waals surface area contributed by atoms with Crippen molar-refractivity contribution in [3.05, 3.63) is 62.5 Å². The number of methoxy groups -OCH3 is 1. The van der Waals surface area contributed by atoms with Crippen molar-refractivity contribution >= 4 is 43.7 Å². The van der Waals surface area contributed by atoms with E-state index in [1.165, 1.54) is 6.92 Å². The first-order valence-corrected chi connectivity index (χ1v) is 10.0. The van der Waals surface area contributed by atoms with E-state index in [1.54, 1.807) is 7.11 Å². The van der Waals surface area contributed by atoms with E-state index in [2.05, 4.69) is 42.5 Å². The maximum Gasteiger partial charge on any atom is 0.222 e. The highest BCUT2D eigenvalue weighted by Crippen LogP contribution is 2.28. The van der Waals surface area contributed by atoms with Crippen LogP contribution in [0.1, 0.15) is 43.5 Å². The van der Waals surface area contributed by atoms with Gasteiger partial charge in [0.25, 0.3) is 0 Å². The van der Waals surface area contributed by atoms with Crippen LogP contribution in [-0.4, -0.2) is 18.9 Å². The molecule has 2 rings (SSSR count). The average Bonchev–Trinajstić information content (AvgIpc) is 2.61. The topological polar surface area (TPSA) is 67.4 Å². The van der Waals surface area contributed by atoms with Gasteiger partial charge in [0.05, 0.1) is 30.1 Å². The van der Waals surface area contributed by atoms with Gasteiger partial charge in [0.1, 0.15) is 5.75 Å². The molecule has 5 nitrogen and oxygen atoms in total. The first-order valence-electron chi connectivity index (χ1n) is 8.45. The molecule has 2 N–H and O–H groups in total. The SMILES string of the molecule is COc1ccc(C(C)NC(=O)CC(NC(C)=O)c2ccc(Br)cc2)cc1Br. The van der Waals surface area contributed by atoms with Crippen LogP contribution in [0.2, 0.25) is 0 Å². The van der Waals surface area contributed by atoms with Crippen molar-refractivity contribution < 1.29 is 14.3 Å². The number of benzene rings is 2. The molecule has 2 aromatic carbocycles. The third-order valence-corrected chi connectivity index (χ3v) is 5.24. The van der Waals surface area contributed by atoms with Gasteiger partial charge < -0.3 is 15.4 Å². The van der Waals surface area contributed by atoms with Crippen molar-refractivity contribution in [2.45, 2.75) is 32.4 Å². The summed E-state index contributed by atoms with van der Waals surface area (Å²) in [5.74, 6) is 0.414. The van der Waals surface area contributed by atoms with Crippen LogP contribution < -0.4 is 15.4 Å². The maximum absolute atomic E-state index is 12.6. The third-order valence-electron chi connectivity index (χ3n) is 4.09. The van der Waals surface area contributed by atoms with Gasteiger partial charge in [-0.3, -0.25) is 9.59 Å². The van der Waals surface area contributed by atoms with Crippen molar-refractivity contribution in [1.29, 1.82) is 0 Å². The smallest absolute Gasteiger partial charge is 0.222 e. The summed E-state index contributed by atoms with van der Waals surface area (Å²) in [5.41, 5.74) is 1.83. The van der Waals surface area contributed by atoms with E-state index in [0.717, 1.165) is 25.8 Å².